The lowest BCUT2D eigenvalue weighted by molar-refractivity contribution is 0.581. The molecule has 1 saturated carbocycles. The van der Waals surface area contributed by atoms with Gasteiger partial charge in [-0.05, 0) is 33.6 Å². The van der Waals surface area contributed by atoms with E-state index in [1.54, 1.807) is 0 Å². The number of rotatable bonds is 2. The maximum Gasteiger partial charge on any atom is 0.106 e. The van der Waals surface area contributed by atoms with Crippen LogP contribution < -0.4 is 0 Å². The van der Waals surface area contributed by atoms with Crippen LogP contribution in [0.5, 0.6) is 0 Å². The molecular formula is C12H20N2. The van der Waals surface area contributed by atoms with Gasteiger partial charge >= 0.3 is 0 Å². The fourth-order valence-corrected chi connectivity index (χ4v) is 2.45. The highest BCUT2D eigenvalue weighted by Crippen LogP contribution is 2.33. The van der Waals surface area contributed by atoms with E-state index in [4.69, 9.17) is 0 Å². The SMILES string of the molecule is Cc1nc(C2CCCC2)cn1C(C)C. The largest absolute Gasteiger partial charge is 0.332 e. The van der Waals surface area contributed by atoms with Crippen molar-refractivity contribution in [2.24, 2.45) is 0 Å². The Balaban J connectivity index is 2.22. The first-order valence-corrected chi connectivity index (χ1v) is 5.74. The van der Waals surface area contributed by atoms with Gasteiger partial charge < -0.3 is 4.57 Å². The first-order valence-electron chi connectivity index (χ1n) is 5.74. The molecule has 2 heteroatoms. The number of aryl methyl sites for hydroxylation is 1. The van der Waals surface area contributed by atoms with Crippen molar-refractivity contribution in [1.29, 1.82) is 0 Å². The minimum atomic E-state index is 0.539. The fraction of sp³-hybridized carbons (Fsp3) is 0.750. The van der Waals surface area contributed by atoms with Crippen molar-refractivity contribution in [1.82, 2.24) is 9.55 Å². The van der Waals surface area contributed by atoms with E-state index in [0.717, 1.165) is 5.92 Å². The van der Waals surface area contributed by atoms with Gasteiger partial charge in [-0.15, -0.1) is 0 Å². The Morgan fingerprint density at radius 2 is 2.00 bits per heavy atom. The maximum atomic E-state index is 4.68. The minimum absolute atomic E-state index is 0.539. The molecule has 0 amide bonds. The van der Waals surface area contributed by atoms with Gasteiger partial charge in [0.05, 0.1) is 5.69 Å². The summed E-state index contributed by atoms with van der Waals surface area (Å²) >= 11 is 0. The Labute approximate surface area is 86.3 Å². The summed E-state index contributed by atoms with van der Waals surface area (Å²) in [4.78, 5) is 4.68. The molecule has 1 aromatic heterocycles. The molecule has 0 spiro atoms. The van der Waals surface area contributed by atoms with E-state index in [0.29, 0.717) is 6.04 Å². The van der Waals surface area contributed by atoms with Crippen LogP contribution in [-0.4, -0.2) is 9.55 Å². The molecule has 0 bridgehead atoms. The van der Waals surface area contributed by atoms with Gasteiger partial charge in [-0.3, -0.25) is 0 Å². The van der Waals surface area contributed by atoms with Crippen LogP contribution in [0.3, 0.4) is 0 Å². The van der Waals surface area contributed by atoms with Crippen LogP contribution in [-0.2, 0) is 0 Å². The molecular weight excluding hydrogens is 172 g/mol. The molecule has 0 saturated heterocycles. The second-order valence-electron chi connectivity index (χ2n) is 4.70. The summed E-state index contributed by atoms with van der Waals surface area (Å²) in [5.74, 6) is 1.91. The number of hydrogen-bond acceptors (Lipinski definition) is 1. The average Bonchev–Trinajstić information content (AvgIpc) is 2.70. The van der Waals surface area contributed by atoms with Crippen molar-refractivity contribution >= 4 is 0 Å². The van der Waals surface area contributed by atoms with Crippen LogP contribution in [0.4, 0.5) is 0 Å². The zero-order chi connectivity index (χ0) is 10.1. The summed E-state index contributed by atoms with van der Waals surface area (Å²) < 4.78 is 2.29. The van der Waals surface area contributed by atoms with Gasteiger partial charge in [-0.25, -0.2) is 4.98 Å². The van der Waals surface area contributed by atoms with Crippen molar-refractivity contribution in [2.75, 3.05) is 0 Å². The van der Waals surface area contributed by atoms with E-state index in [2.05, 4.69) is 36.5 Å². The highest BCUT2D eigenvalue weighted by atomic mass is 15.1. The zero-order valence-corrected chi connectivity index (χ0v) is 9.45. The van der Waals surface area contributed by atoms with E-state index in [9.17, 15) is 0 Å². The molecule has 1 heterocycles. The van der Waals surface area contributed by atoms with Crippen molar-refractivity contribution in [3.05, 3.63) is 17.7 Å². The van der Waals surface area contributed by atoms with Crippen LogP contribution in [0.25, 0.3) is 0 Å². The normalized spacial score (nSPS) is 18.3. The van der Waals surface area contributed by atoms with Gasteiger partial charge in [0, 0.05) is 18.2 Å². The molecule has 2 rings (SSSR count). The van der Waals surface area contributed by atoms with Gasteiger partial charge in [0.2, 0.25) is 0 Å². The van der Waals surface area contributed by atoms with Gasteiger partial charge in [-0.1, -0.05) is 12.8 Å². The molecule has 0 radical (unpaired) electrons. The molecule has 1 aromatic rings. The van der Waals surface area contributed by atoms with Gasteiger partial charge in [0.15, 0.2) is 0 Å². The Hall–Kier alpha value is -0.790. The quantitative estimate of drug-likeness (QED) is 0.702. The molecule has 2 nitrogen and oxygen atoms in total. The van der Waals surface area contributed by atoms with Crippen LogP contribution in [0.1, 0.15) is 63.0 Å². The predicted octanol–water partition coefficient (Wildman–Crippen LogP) is 3.43. The molecule has 1 fully saturated rings. The first kappa shape index (κ1) is 9.75. The molecule has 0 N–H and O–H groups in total. The number of aromatic nitrogens is 2. The lowest BCUT2D eigenvalue weighted by Crippen LogP contribution is -2.00. The topological polar surface area (TPSA) is 17.8 Å². The van der Waals surface area contributed by atoms with Crippen LogP contribution >= 0.6 is 0 Å². The third-order valence-corrected chi connectivity index (χ3v) is 3.27. The first-order chi connectivity index (χ1) is 6.68. The summed E-state index contributed by atoms with van der Waals surface area (Å²) in [7, 11) is 0. The van der Waals surface area contributed by atoms with Crippen LogP contribution in [0.15, 0.2) is 6.20 Å². The predicted molar refractivity (Wildman–Crippen MR) is 58.6 cm³/mol. The summed E-state index contributed by atoms with van der Waals surface area (Å²) in [6.45, 7) is 6.54. The summed E-state index contributed by atoms with van der Waals surface area (Å²) in [5, 5.41) is 0. The van der Waals surface area contributed by atoms with Crippen molar-refractivity contribution in [3.63, 3.8) is 0 Å². The number of hydrogen-bond donors (Lipinski definition) is 0. The van der Waals surface area contributed by atoms with E-state index >= 15 is 0 Å². The highest BCUT2D eigenvalue weighted by Gasteiger charge is 2.20. The lowest BCUT2D eigenvalue weighted by atomic mass is 10.1. The van der Waals surface area contributed by atoms with Gasteiger partial charge in [-0.2, -0.15) is 0 Å². The van der Waals surface area contributed by atoms with Crippen molar-refractivity contribution in [2.45, 2.75) is 58.4 Å². The Morgan fingerprint density at radius 1 is 1.36 bits per heavy atom. The Bertz CT molecular complexity index is 306. The summed E-state index contributed by atoms with van der Waals surface area (Å²) in [5.41, 5.74) is 1.33. The molecule has 78 valence electrons. The highest BCUT2D eigenvalue weighted by molar-refractivity contribution is 5.11. The van der Waals surface area contributed by atoms with Crippen molar-refractivity contribution < 1.29 is 0 Å². The van der Waals surface area contributed by atoms with Crippen LogP contribution in [0.2, 0.25) is 0 Å². The standard InChI is InChI=1S/C12H20N2/c1-9(2)14-8-12(13-10(14)3)11-6-4-5-7-11/h8-9,11H,4-7H2,1-3H3. The fourth-order valence-electron chi connectivity index (χ4n) is 2.45. The van der Waals surface area contributed by atoms with E-state index in [1.807, 2.05) is 0 Å². The second-order valence-corrected chi connectivity index (χ2v) is 4.70. The summed E-state index contributed by atoms with van der Waals surface area (Å²) in [6.07, 6.45) is 7.72. The van der Waals surface area contributed by atoms with Gasteiger partial charge in [0.25, 0.3) is 0 Å². The third-order valence-electron chi connectivity index (χ3n) is 3.27. The summed E-state index contributed by atoms with van der Waals surface area (Å²) in [6, 6.07) is 0.539. The van der Waals surface area contributed by atoms with E-state index in [-0.39, 0.29) is 0 Å². The van der Waals surface area contributed by atoms with Crippen LogP contribution in [0, 0.1) is 6.92 Å². The number of imidazole rings is 1. The number of nitrogens with zero attached hydrogens (tertiary/aromatic N) is 2. The maximum absolute atomic E-state index is 4.68. The zero-order valence-electron chi connectivity index (χ0n) is 9.45. The second kappa shape index (κ2) is 3.76. The lowest BCUT2D eigenvalue weighted by Gasteiger charge is -2.08. The molecule has 14 heavy (non-hydrogen) atoms. The molecule has 0 aromatic carbocycles. The van der Waals surface area contributed by atoms with Crippen molar-refractivity contribution in [3.8, 4) is 0 Å². The Kier molecular flexibility index (Phi) is 2.62. The third kappa shape index (κ3) is 1.70. The average molecular weight is 192 g/mol. The minimum Gasteiger partial charge on any atom is -0.332 e. The molecule has 0 atom stereocenters. The molecule has 1 aliphatic carbocycles. The van der Waals surface area contributed by atoms with Gasteiger partial charge in [0.1, 0.15) is 5.82 Å². The van der Waals surface area contributed by atoms with E-state index in [1.165, 1.54) is 37.2 Å². The monoisotopic (exact) mass is 192 g/mol. The molecule has 0 unspecified atom stereocenters. The smallest absolute Gasteiger partial charge is 0.106 e. The molecule has 1 aliphatic rings. The van der Waals surface area contributed by atoms with E-state index < -0.39 is 0 Å². The molecule has 0 aliphatic heterocycles. The Morgan fingerprint density at radius 3 is 2.50 bits per heavy atom.